The zero-order valence-corrected chi connectivity index (χ0v) is 13.7. The third-order valence-corrected chi connectivity index (χ3v) is 6.19. The van der Waals surface area contributed by atoms with Gasteiger partial charge in [-0.15, -0.1) is 10.2 Å². The number of sulfonamides is 1. The van der Waals surface area contributed by atoms with E-state index in [-0.39, 0.29) is 11.4 Å². The molecule has 1 aromatic heterocycles. The van der Waals surface area contributed by atoms with Crippen molar-refractivity contribution in [2.75, 3.05) is 12.3 Å². The van der Waals surface area contributed by atoms with Gasteiger partial charge in [0, 0.05) is 23.2 Å². The molecule has 7 nitrogen and oxygen atoms in total. The van der Waals surface area contributed by atoms with Gasteiger partial charge in [0.15, 0.2) is 0 Å². The van der Waals surface area contributed by atoms with Crippen LogP contribution in [0.5, 0.6) is 0 Å². The first-order valence-electron chi connectivity index (χ1n) is 6.32. The molecule has 1 aliphatic heterocycles. The van der Waals surface area contributed by atoms with E-state index in [2.05, 4.69) is 26.1 Å². The van der Waals surface area contributed by atoms with Gasteiger partial charge >= 0.3 is 0 Å². The van der Waals surface area contributed by atoms with Crippen molar-refractivity contribution in [3.05, 3.63) is 34.3 Å². The van der Waals surface area contributed by atoms with E-state index in [4.69, 9.17) is 5.73 Å². The highest BCUT2D eigenvalue weighted by atomic mass is 79.9. The van der Waals surface area contributed by atoms with Crippen molar-refractivity contribution in [2.24, 2.45) is 0 Å². The summed E-state index contributed by atoms with van der Waals surface area (Å²) in [5, 5.41) is 7.74. The van der Waals surface area contributed by atoms with Crippen LogP contribution in [-0.2, 0) is 23.1 Å². The minimum absolute atomic E-state index is 0.220. The highest BCUT2D eigenvalue weighted by Crippen LogP contribution is 2.29. The second-order valence-corrected chi connectivity index (χ2v) is 7.68. The second kappa shape index (κ2) is 5.08. The van der Waals surface area contributed by atoms with Crippen molar-refractivity contribution in [1.82, 2.24) is 19.1 Å². The molecule has 0 saturated heterocycles. The van der Waals surface area contributed by atoms with E-state index >= 15 is 0 Å². The number of aryl methyl sites for hydroxylation is 1. The Bertz CT molecular complexity index is 802. The molecular formula is C12H14BrN5O2S. The number of benzene rings is 1. The number of nitrogen functional groups attached to an aromatic ring is 1. The van der Waals surface area contributed by atoms with Gasteiger partial charge < -0.3 is 10.3 Å². The molecule has 0 amide bonds. The third kappa shape index (κ3) is 2.45. The number of hydrogen-bond donors (Lipinski definition) is 1. The van der Waals surface area contributed by atoms with Gasteiger partial charge in [0.25, 0.3) is 0 Å². The minimum atomic E-state index is -3.60. The summed E-state index contributed by atoms with van der Waals surface area (Å²) >= 11 is 3.30. The van der Waals surface area contributed by atoms with E-state index in [0.29, 0.717) is 34.6 Å². The Morgan fingerprint density at radius 3 is 2.86 bits per heavy atom. The lowest BCUT2D eigenvalue weighted by molar-refractivity contribution is 0.335. The fourth-order valence-electron chi connectivity index (χ4n) is 2.33. The topological polar surface area (TPSA) is 94.1 Å². The summed E-state index contributed by atoms with van der Waals surface area (Å²) in [4.78, 5) is 0.233. The molecular weight excluding hydrogens is 358 g/mol. The normalized spacial score (nSPS) is 15.9. The average Bonchev–Trinajstić information content (AvgIpc) is 2.90. The van der Waals surface area contributed by atoms with Gasteiger partial charge in [-0.25, -0.2) is 8.42 Å². The molecule has 0 spiro atoms. The molecule has 0 unspecified atom stereocenters. The Morgan fingerprint density at radius 1 is 1.33 bits per heavy atom. The van der Waals surface area contributed by atoms with Crippen molar-refractivity contribution < 1.29 is 8.42 Å². The summed E-state index contributed by atoms with van der Waals surface area (Å²) in [5.41, 5.74) is 6.88. The number of anilines is 1. The maximum atomic E-state index is 12.8. The molecule has 21 heavy (non-hydrogen) atoms. The number of rotatable bonds is 2. The molecule has 1 aromatic carbocycles. The van der Waals surface area contributed by atoms with Crippen LogP contribution in [-0.4, -0.2) is 34.0 Å². The second-order valence-electron chi connectivity index (χ2n) is 4.92. The highest BCUT2D eigenvalue weighted by molar-refractivity contribution is 9.10. The van der Waals surface area contributed by atoms with Gasteiger partial charge in [0.1, 0.15) is 12.2 Å². The molecule has 0 aliphatic carbocycles. The lowest BCUT2D eigenvalue weighted by Crippen LogP contribution is -2.38. The molecule has 0 atom stereocenters. The monoisotopic (exact) mass is 371 g/mol. The van der Waals surface area contributed by atoms with E-state index in [1.54, 1.807) is 19.3 Å². The lowest BCUT2D eigenvalue weighted by Gasteiger charge is -2.27. The van der Waals surface area contributed by atoms with E-state index < -0.39 is 10.0 Å². The van der Waals surface area contributed by atoms with Crippen molar-refractivity contribution in [2.45, 2.75) is 24.9 Å². The van der Waals surface area contributed by atoms with E-state index in [9.17, 15) is 8.42 Å². The summed E-state index contributed by atoms with van der Waals surface area (Å²) < 4.78 is 29.6. The third-order valence-electron chi connectivity index (χ3n) is 3.52. The highest BCUT2D eigenvalue weighted by Gasteiger charge is 2.30. The van der Waals surface area contributed by atoms with Crippen LogP contribution in [0.15, 0.2) is 27.8 Å². The number of aromatic nitrogens is 3. The Hall–Kier alpha value is -1.45. The zero-order chi connectivity index (χ0) is 15.2. The van der Waals surface area contributed by atoms with Crippen LogP contribution < -0.4 is 5.73 Å². The lowest BCUT2D eigenvalue weighted by atomic mass is 10.2. The van der Waals surface area contributed by atoms with Gasteiger partial charge in [-0.3, -0.25) is 0 Å². The standard InChI is InChI=1S/C12H14BrN5O2S/c1-8-4-9(13)10(14)5-11(8)21(19,20)18-3-2-17-7-15-16-12(17)6-18/h4-5,7H,2-3,6,14H2,1H3. The predicted molar refractivity (Wildman–Crippen MR) is 80.9 cm³/mol. The Morgan fingerprint density at radius 2 is 2.10 bits per heavy atom. The van der Waals surface area contributed by atoms with Gasteiger partial charge in [-0.05, 0) is 40.5 Å². The molecule has 2 heterocycles. The van der Waals surface area contributed by atoms with E-state index in [1.807, 2.05) is 4.57 Å². The van der Waals surface area contributed by atoms with Crippen LogP contribution in [0.1, 0.15) is 11.4 Å². The molecule has 2 aromatic rings. The molecule has 1 aliphatic rings. The van der Waals surface area contributed by atoms with Crippen LogP contribution in [0.4, 0.5) is 5.69 Å². The number of halogens is 1. The van der Waals surface area contributed by atoms with Crippen LogP contribution in [0.2, 0.25) is 0 Å². The summed E-state index contributed by atoms with van der Waals surface area (Å²) in [6.45, 7) is 2.91. The molecule has 2 N–H and O–H groups in total. The smallest absolute Gasteiger partial charge is 0.243 e. The molecule has 9 heteroatoms. The molecule has 0 radical (unpaired) electrons. The summed E-state index contributed by atoms with van der Waals surface area (Å²) in [6.07, 6.45) is 1.61. The van der Waals surface area contributed by atoms with E-state index in [1.165, 1.54) is 10.4 Å². The number of nitrogens with zero attached hydrogens (tertiary/aromatic N) is 4. The van der Waals surface area contributed by atoms with Crippen LogP contribution >= 0.6 is 15.9 Å². The van der Waals surface area contributed by atoms with Crippen LogP contribution in [0.3, 0.4) is 0 Å². The van der Waals surface area contributed by atoms with Crippen molar-refractivity contribution in [3.63, 3.8) is 0 Å². The molecule has 0 bridgehead atoms. The maximum Gasteiger partial charge on any atom is 0.243 e. The SMILES string of the molecule is Cc1cc(Br)c(N)cc1S(=O)(=O)N1CCn2cnnc2C1. The number of hydrogen-bond acceptors (Lipinski definition) is 5. The molecule has 112 valence electrons. The Kier molecular flexibility index (Phi) is 3.50. The average molecular weight is 372 g/mol. The summed E-state index contributed by atoms with van der Waals surface area (Å²) in [6, 6.07) is 3.21. The summed E-state index contributed by atoms with van der Waals surface area (Å²) in [5.74, 6) is 0.646. The molecule has 0 saturated carbocycles. The fraction of sp³-hybridized carbons (Fsp3) is 0.333. The molecule has 3 rings (SSSR count). The van der Waals surface area contributed by atoms with Crippen molar-refractivity contribution in [1.29, 1.82) is 0 Å². The van der Waals surface area contributed by atoms with Gasteiger partial charge in [0.05, 0.1) is 11.4 Å². The van der Waals surface area contributed by atoms with Gasteiger partial charge in [0.2, 0.25) is 10.0 Å². The molecule has 0 fully saturated rings. The fourth-order valence-corrected chi connectivity index (χ4v) is 4.42. The van der Waals surface area contributed by atoms with Gasteiger partial charge in [-0.2, -0.15) is 4.31 Å². The number of nitrogens with two attached hydrogens (primary N) is 1. The first kappa shape index (κ1) is 14.5. The predicted octanol–water partition coefficient (Wildman–Crippen LogP) is 1.14. The Labute approximate surface area is 130 Å². The van der Waals surface area contributed by atoms with Crippen molar-refractivity contribution in [3.8, 4) is 0 Å². The van der Waals surface area contributed by atoms with Crippen molar-refractivity contribution >= 4 is 31.6 Å². The van der Waals surface area contributed by atoms with Crippen LogP contribution in [0.25, 0.3) is 0 Å². The first-order chi connectivity index (χ1) is 9.89. The van der Waals surface area contributed by atoms with Crippen LogP contribution in [0, 0.1) is 6.92 Å². The largest absolute Gasteiger partial charge is 0.398 e. The quantitative estimate of drug-likeness (QED) is 0.798. The first-order valence-corrected chi connectivity index (χ1v) is 8.55. The Balaban J connectivity index is 2.00. The maximum absolute atomic E-state index is 12.8. The van der Waals surface area contributed by atoms with E-state index in [0.717, 1.165) is 0 Å². The van der Waals surface area contributed by atoms with Gasteiger partial charge in [-0.1, -0.05) is 0 Å². The zero-order valence-electron chi connectivity index (χ0n) is 11.3. The minimum Gasteiger partial charge on any atom is -0.398 e. The number of fused-ring (bicyclic) bond motifs is 1. The summed E-state index contributed by atoms with van der Waals surface area (Å²) in [7, 11) is -3.60.